The van der Waals surface area contributed by atoms with Crippen molar-refractivity contribution in [2.45, 2.75) is 18.8 Å². The Morgan fingerprint density at radius 1 is 1.40 bits per heavy atom. The summed E-state index contributed by atoms with van der Waals surface area (Å²) in [4.78, 5) is 2.34. The lowest BCUT2D eigenvalue weighted by molar-refractivity contribution is 0.343. The molecule has 1 aliphatic rings. The molecule has 1 aliphatic heterocycles. The second-order valence-electron chi connectivity index (χ2n) is 4.18. The van der Waals surface area contributed by atoms with E-state index < -0.39 is 0 Å². The number of likely N-dealkylation sites (tertiary alicyclic amines) is 1. The van der Waals surface area contributed by atoms with Gasteiger partial charge in [0.05, 0.1) is 11.5 Å². The maximum Gasteiger partial charge on any atom is 0.0960 e. The van der Waals surface area contributed by atoms with Crippen molar-refractivity contribution in [1.29, 1.82) is 5.26 Å². The smallest absolute Gasteiger partial charge is 0.0960 e. The molecule has 0 saturated carbocycles. The van der Waals surface area contributed by atoms with E-state index in [9.17, 15) is 5.26 Å². The highest BCUT2D eigenvalue weighted by Gasteiger charge is 2.39. The van der Waals surface area contributed by atoms with Gasteiger partial charge < -0.3 is 4.90 Å². The first-order valence-electron chi connectivity index (χ1n) is 5.50. The lowest BCUT2D eigenvalue weighted by atomic mass is 9.81. The molecular formula is C13H16N2. The van der Waals surface area contributed by atoms with Gasteiger partial charge in [-0.25, -0.2) is 0 Å². The summed E-state index contributed by atoms with van der Waals surface area (Å²) in [5.41, 5.74) is 0.903. The SMILES string of the molecule is CCN1CCC(C#N)(c2ccccc2)C1. The Kier molecular flexibility index (Phi) is 2.75. The summed E-state index contributed by atoms with van der Waals surface area (Å²) >= 11 is 0. The molecular weight excluding hydrogens is 184 g/mol. The first-order chi connectivity index (χ1) is 7.30. The predicted molar refractivity (Wildman–Crippen MR) is 60.5 cm³/mol. The van der Waals surface area contributed by atoms with Crippen molar-refractivity contribution in [2.24, 2.45) is 0 Å². The van der Waals surface area contributed by atoms with Crippen molar-refractivity contribution in [3.63, 3.8) is 0 Å². The van der Waals surface area contributed by atoms with Gasteiger partial charge in [-0.15, -0.1) is 0 Å². The van der Waals surface area contributed by atoms with Gasteiger partial charge in [0.2, 0.25) is 0 Å². The molecule has 0 radical (unpaired) electrons. The van der Waals surface area contributed by atoms with Gasteiger partial charge in [-0.05, 0) is 18.5 Å². The summed E-state index contributed by atoms with van der Waals surface area (Å²) < 4.78 is 0. The molecule has 1 aromatic carbocycles. The van der Waals surface area contributed by atoms with Crippen LogP contribution in [0, 0.1) is 11.3 Å². The number of rotatable bonds is 2. The molecule has 0 spiro atoms. The monoisotopic (exact) mass is 200 g/mol. The van der Waals surface area contributed by atoms with E-state index in [1.165, 1.54) is 5.56 Å². The minimum Gasteiger partial charge on any atom is -0.302 e. The molecule has 1 atom stereocenters. The number of hydrogen-bond acceptors (Lipinski definition) is 2. The van der Waals surface area contributed by atoms with Gasteiger partial charge in [0.15, 0.2) is 0 Å². The molecule has 78 valence electrons. The second-order valence-corrected chi connectivity index (χ2v) is 4.18. The van der Waals surface area contributed by atoms with Crippen LogP contribution in [-0.2, 0) is 5.41 Å². The Bertz CT molecular complexity index is 366. The molecule has 15 heavy (non-hydrogen) atoms. The summed E-state index contributed by atoms with van der Waals surface area (Å²) in [6.07, 6.45) is 0.960. The van der Waals surface area contributed by atoms with Crippen LogP contribution in [0.25, 0.3) is 0 Å². The zero-order valence-electron chi connectivity index (χ0n) is 9.11. The molecule has 1 unspecified atom stereocenters. The molecule has 2 heteroatoms. The Balaban J connectivity index is 2.29. The van der Waals surface area contributed by atoms with Crippen LogP contribution in [-0.4, -0.2) is 24.5 Å². The van der Waals surface area contributed by atoms with Crippen LogP contribution >= 0.6 is 0 Å². The first-order valence-corrected chi connectivity index (χ1v) is 5.50. The normalized spacial score (nSPS) is 26.4. The number of hydrogen-bond donors (Lipinski definition) is 0. The zero-order valence-corrected chi connectivity index (χ0v) is 9.11. The first kappa shape index (κ1) is 10.2. The Labute approximate surface area is 91.1 Å². The van der Waals surface area contributed by atoms with E-state index in [1.54, 1.807) is 0 Å². The van der Waals surface area contributed by atoms with Crippen molar-refractivity contribution in [1.82, 2.24) is 4.90 Å². The highest BCUT2D eigenvalue weighted by Crippen LogP contribution is 2.33. The molecule has 2 nitrogen and oxygen atoms in total. The molecule has 1 aromatic rings. The average molecular weight is 200 g/mol. The van der Waals surface area contributed by atoms with E-state index >= 15 is 0 Å². The summed E-state index contributed by atoms with van der Waals surface area (Å²) in [6.45, 7) is 5.11. The van der Waals surface area contributed by atoms with Gasteiger partial charge in [-0.3, -0.25) is 0 Å². The van der Waals surface area contributed by atoms with Gasteiger partial charge in [0.1, 0.15) is 0 Å². The second kappa shape index (κ2) is 4.04. The standard InChI is InChI=1S/C13H16N2/c1-2-15-9-8-13(10-14,11-15)12-6-4-3-5-7-12/h3-7H,2,8-9,11H2,1H3. The minimum absolute atomic E-state index is 0.267. The topological polar surface area (TPSA) is 27.0 Å². The third kappa shape index (κ3) is 1.75. The number of nitrogens with zero attached hydrogens (tertiary/aromatic N) is 2. The quantitative estimate of drug-likeness (QED) is 0.731. The maximum absolute atomic E-state index is 9.41. The Hall–Kier alpha value is -1.33. The largest absolute Gasteiger partial charge is 0.302 e. The average Bonchev–Trinajstić information content (AvgIpc) is 2.75. The fourth-order valence-electron chi connectivity index (χ4n) is 2.31. The van der Waals surface area contributed by atoms with Gasteiger partial charge in [-0.2, -0.15) is 5.26 Å². The van der Waals surface area contributed by atoms with Crippen LogP contribution in [0.3, 0.4) is 0 Å². The van der Waals surface area contributed by atoms with Gasteiger partial charge >= 0.3 is 0 Å². The van der Waals surface area contributed by atoms with Crippen LogP contribution < -0.4 is 0 Å². The van der Waals surface area contributed by atoms with E-state index in [0.29, 0.717) is 0 Å². The highest BCUT2D eigenvalue weighted by molar-refractivity contribution is 5.34. The molecule has 0 bridgehead atoms. The summed E-state index contributed by atoms with van der Waals surface area (Å²) in [6, 6.07) is 12.7. The van der Waals surface area contributed by atoms with Crippen molar-refractivity contribution in [3.05, 3.63) is 35.9 Å². The fourth-order valence-corrected chi connectivity index (χ4v) is 2.31. The summed E-state index contributed by atoms with van der Waals surface area (Å²) in [5, 5.41) is 9.41. The molecule has 0 aromatic heterocycles. The van der Waals surface area contributed by atoms with E-state index in [4.69, 9.17) is 0 Å². The van der Waals surface area contributed by atoms with E-state index in [1.807, 2.05) is 18.2 Å². The molecule has 2 rings (SSSR count). The fraction of sp³-hybridized carbons (Fsp3) is 0.462. The van der Waals surface area contributed by atoms with Crippen LogP contribution in [0.4, 0.5) is 0 Å². The van der Waals surface area contributed by atoms with E-state index in [0.717, 1.165) is 26.1 Å². The molecule has 0 amide bonds. The van der Waals surface area contributed by atoms with E-state index in [-0.39, 0.29) is 5.41 Å². The third-order valence-corrected chi connectivity index (χ3v) is 3.34. The lowest BCUT2D eigenvalue weighted by Gasteiger charge is -2.21. The number of benzene rings is 1. The predicted octanol–water partition coefficient (Wildman–Crippen LogP) is 2.17. The summed E-state index contributed by atoms with van der Waals surface area (Å²) in [5.74, 6) is 0. The van der Waals surface area contributed by atoms with Crippen LogP contribution in [0.1, 0.15) is 18.9 Å². The Morgan fingerprint density at radius 3 is 2.67 bits per heavy atom. The number of nitriles is 1. The van der Waals surface area contributed by atoms with Crippen LogP contribution in [0.15, 0.2) is 30.3 Å². The molecule has 1 fully saturated rings. The van der Waals surface area contributed by atoms with Crippen molar-refractivity contribution in [2.75, 3.05) is 19.6 Å². The molecule has 1 saturated heterocycles. The van der Waals surface area contributed by atoms with Crippen LogP contribution in [0.5, 0.6) is 0 Å². The van der Waals surface area contributed by atoms with Gasteiger partial charge in [0, 0.05) is 13.1 Å². The van der Waals surface area contributed by atoms with Crippen LogP contribution in [0.2, 0.25) is 0 Å². The maximum atomic E-state index is 9.41. The minimum atomic E-state index is -0.267. The van der Waals surface area contributed by atoms with Gasteiger partial charge in [-0.1, -0.05) is 37.3 Å². The molecule has 0 N–H and O–H groups in total. The number of likely N-dealkylation sites (N-methyl/N-ethyl adjacent to an activating group) is 1. The van der Waals surface area contributed by atoms with E-state index in [2.05, 4.69) is 30.0 Å². The zero-order chi connectivity index (χ0) is 10.7. The molecule has 1 heterocycles. The van der Waals surface area contributed by atoms with Crippen molar-refractivity contribution >= 4 is 0 Å². The summed E-state index contributed by atoms with van der Waals surface area (Å²) in [7, 11) is 0. The van der Waals surface area contributed by atoms with Crippen molar-refractivity contribution in [3.8, 4) is 6.07 Å². The Morgan fingerprint density at radius 2 is 2.13 bits per heavy atom. The third-order valence-electron chi connectivity index (χ3n) is 3.34. The van der Waals surface area contributed by atoms with Gasteiger partial charge in [0.25, 0.3) is 0 Å². The highest BCUT2D eigenvalue weighted by atomic mass is 15.1. The lowest BCUT2D eigenvalue weighted by Crippen LogP contribution is -2.29. The van der Waals surface area contributed by atoms with Crippen molar-refractivity contribution < 1.29 is 0 Å². The molecule has 0 aliphatic carbocycles.